The van der Waals surface area contributed by atoms with E-state index in [-0.39, 0.29) is 17.6 Å². The number of hydrogen-bond donors (Lipinski definition) is 1. The van der Waals surface area contributed by atoms with Crippen LogP contribution < -0.4 is 10.2 Å². The zero-order valence-electron chi connectivity index (χ0n) is 11.5. The van der Waals surface area contributed by atoms with E-state index in [0.29, 0.717) is 25.3 Å². The number of anilines is 2. The van der Waals surface area contributed by atoms with Crippen molar-refractivity contribution >= 4 is 23.2 Å². The number of nitrogens with one attached hydrogen (secondary N) is 1. The van der Waals surface area contributed by atoms with Gasteiger partial charge in [-0.2, -0.15) is 0 Å². The van der Waals surface area contributed by atoms with Gasteiger partial charge in [0.25, 0.3) is 5.91 Å². The summed E-state index contributed by atoms with van der Waals surface area (Å²) in [4.78, 5) is 25.5. The minimum Gasteiger partial charge on any atom is -0.494 e. The van der Waals surface area contributed by atoms with E-state index in [1.54, 1.807) is 17.0 Å². The second-order valence-electron chi connectivity index (χ2n) is 4.85. The van der Waals surface area contributed by atoms with Crippen molar-refractivity contribution in [2.24, 2.45) is 0 Å². The van der Waals surface area contributed by atoms with Gasteiger partial charge < -0.3 is 19.7 Å². The molecule has 1 N–H and O–H groups in total. The van der Waals surface area contributed by atoms with Crippen molar-refractivity contribution in [1.82, 2.24) is 0 Å². The van der Waals surface area contributed by atoms with Gasteiger partial charge in [-0.3, -0.25) is 9.59 Å². The van der Waals surface area contributed by atoms with Gasteiger partial charge in [0.15, 0.2) is 0 Å². The first-order valence-corrected chi connectivity index (χ1v) is 6.90. The van der Waals surface area contributed by atoms with Crippen LogP contribution in [0.4, 0.5) is 11.4 Å². The minimum absolute atomic E-state index is 0.116. The first kappa shape index (κ1) is 13.5. The average Bonchev–Trinajstić information content (AvgIpc) is 2.94. The molecule has 0 aromatic heterocycles. The maximum atomic E-state index is 12.0. The molecule has 0 unspecified atom stereocenters. The van der Waals surface area contributed by atoms with Crippen LogP contribution in [0.5, 0.6) is 0 Å². The maximum Gasteiger partial charge on any atom is 0.294 e. The van der Waals surface area contributed by atoms with Crippen LogP contribution in [0.1, 0.15) is 12.8 Å². The maximum absolute atomic E-state index is 12.0. The zero-order valence-corrected chi connectivity index (χ0v) is 11.5. The molecule has 2 amide bonds. The molecular weight excluding hydrogens is 272 g/mol. The van der Waals surface area contributed by atoms with Gasteiger partial charge in [-0.15, -0.1) is 0 Å². The molecule has 2 aliphatic rings. The predicted octanol–water partition coefficient (Wildman–Crippen LogP) is 1.64. The second kappa shape index (κ2) is 5.87. The lowest BCUT2D eigenvalue weighted by atomic mass is 10.2. The Labute approximate surface area is 122 Å². The van der Waals surface area contributed by atoms with E-state index in [9.17, 15) is 9.59 Å². The summed E-state index contributed by atoms with van der Waals surface area (Å²) >= 11 is 0. The summed E-state index contributed by atoms with van der Waals surface area (Å²) in [5, 5.41) is 2.74. The third-order valence-electron chi connectivity index (χ3n) is 3.36. The fraction of sp³-hybridized carbons (Fsp3) is 0.333. The lowest BCUT2D eigenvalue weighted by Gasteiger charge is -2.18. The molecule has 6 nitrogen and oxygen atoms in total. The molecule has 1 fully saturated rings. The Bertz CT molecular complexity index is 597. The van der Waals surface area contributed by atoms with Gasteiger partial charge in [-0.05, 0) is 24.6 Å². The normalized spacial score (nSPS) is 17.8. The molecule has 0 spiro atoms. The molecule has 0 saturated carbocycles. The highest BCUT2D eigenvalue weighted by molar-refractivity contribution is 6.03. The molecular formula is C15H16N2O4. The van der Waals surface area contributed by atoms with Gasteiger partial charge in [0.1, 0.15) is 19.5 Å². The summed E-state index contributed by atoms with van der Waals surface area (Å²) in [6.07, 6.45) is 2.76. The van der Waals surface area contributed by atoms with Crippen molar-refractivity contribution in [3.05, 3.63) is 36.3 Å². The van der Waals surface area contributed by atoms with Crippen LogP contribution in [0.2, 0.25) is 0 Å². The Kier molecular flexibility index (Phi) is 3.77. The van der Waals surface area contributed by atoms with Gasteiger partial charge in [-0.25, -0.2) is 0 Å². The molecule has 1 aromatic carbocycles. The average molecular weight is 288 g/mol. The second-order valence-corrected chi connectivity index (χ2v) is 4.85. The number of carbonyl (C=O) groups excluding carboxylic acids is 2. The minimum atomic E-state index is -0.361. The molecule has 0 aliphatic carbocycles. The Hall–Kier alpha value is -2.50. The van der Waals surface area contributed by atoms with Crippen molar-refractivity contribution in [2.45, 2.75) is 12.8 Å². The Morgan fingerprint density at radius 2 is 2.19 bits per heavy atom. The Morgan fingerprint density at radius 1 is 1.29 bits per heavy atom. The lowest BCUT2D eigenvalue weighted by molar-refractivity contribution is -0.118. The molecule has 3 rings (SSSR count). The summed E-state index contributed by atoms with van der Waals surface area (Å²) in [5.41, 5.74) is 1.41. The van der Waals surface area contributed by atoms with Crippen molar-refractivity contribution in [2.75, 3.05) is 30.0 Å². The molecule has 0 bridgehead atoms. The molecule has 110 valence electrons. The van der Waals surface area contributed by atoms with Gasteiger partial charge in [-0.1, -0.05) is 6.07 Å². The molecule has 1 aromatic rings. The summed E-state index contributed by atoms with van der Waals surface area (Å²) in [5.74, 6) is -0.0892. The summed E-state index contributed by atoms with van der Waals surface area (Å²) in [7, 11) is 0. The fourth-order valence-electron chi connectivity index (χ4n) is 2.35. The van der Waals surface area contributed by atoms with Crippen molar-refractivity contribution < 1.29 is 19.1 Å². The van der Waals surface area contributed by atoms with Crippen molar-refractivity contribution in [3.63, 3.8) is 0 Å². The van der Waals surface area contributed by atoms with Gasteiger partial charge in [0.05, 0.1) is 0 Å². The predicted molar refractivity (Wildman–Crippen MR) is 76.6 cm³/mol. The standard InChI is InChI=1S/C15H16N2O4/c18-14-5-2-6-17(14)12-4-1-3-11(9-12)16-15(19)13-10-20-7-8-21-13/h1,3-4,9-10H,2,5-8H2,(H,16,19). The number of carbonyl (C=O) groups is 2. The van der Waals surface area contributed by atoms with E-state index in [1.807, 2.05) is 12.1 Å². The smallest absolute Gasteiger partial charge is 0.294 e. The number of benzene rings is 1. The fourth-order valence-corrected chi connectivity index (χ4v) is 2.35. The first-order valence-electron chi connectivity index (χ1n) is 6.90. The quantitative estimate of drug-likeness (QED) is 0.918. The zero-order chi connectivity index (χ0) is 14.7. The van der Waals surface area contributed by atoms with Crippen molar-refractivity contribution in [1.29, 1.82) is 0 Å². The summed E-state index contributed by atoms with van der Waals surface area (Å²) in [6, 6.07) is 7.22. The van der Waals surface area contributed by atoms with Crippen LogP contribution in [0.25, 0.3) is 0 Å². The van der Waals surface area contributed by atoms with E-state index >= 15 is 0 Å². The number of nitrogens with zero attached hydrogens (tertiary/aromatic N) is 1. The molecule has 0 radical (unpaired) electrons. The molecule has 6 heteroatoms. The van der Waals surface area contributed by atoms with Gasteiger partial charge >= 0.3 is 0 Å². The third-order valence-corrected chi connectivity index (χ3v) is 3.36. The van der Waals surface area contributed by atoms with Crippen LogP contribution in [0.15, 0.2) is 36.3 Å². The van der Waals surface area contributed by atoms with E-state index in [4.69, 9.17) is 9.47 Å². The Balaban J connectivity index is 1.72. The lowest BCUT2D eigenvalue weighted by Crippen LogP contribution is -2.24. The number of rotatable bonds is 3. The molecule has 1 saturated heterocycles. The molecule has 2 aliphatic heterocycles. The highest BCUT2D eigenvalue weighted by Gasteiger charge is 2.22. The van der Waals surface area contributed by atoms with Gasteiger partial charge in [0, 0.05) is 24.3 Å². The SMILES string of the molecule is O=C(Nc1cccc(N2CCCC2=O)c1)C1=COCCO1. The molecule has 21 heavy (non-hydrogen) atoms. The van der Waals surface area contributed by atoms with E-state index < -0.39 is 0 Å². The highest BCUT2D eigenvalue weighted by atomic mass is 16.6. The topological polar surface area (TPSA) is 67.9 Å². The van der Waals surface area contributed by atoms with Crippen LogP contribution in [-0.4, -0.2) is 31.6 Å². The third kappa shape index (κ3) is 2.99. The first-order chi connectivity index (χ1) is 10.2. The van der Waals surface area contributed by atoms with E-state index in [0.717, 1.165) is 18.7 Å². The summed E-state index contributed by atoms with van der Waals surface area (Å²) < 4.78 is 10.3. The molecule has 2 heterocycles. The van der Waals surface area contributed by atoms with Gasteiger partial charge in [0.2, 0.25) is 11.7 Å². The highest BCUT2D eigenvalue weighted by Crippen LogP contribution is 2.24. The van der Waals surface area contributed by atoms with Crippen LogP contribution >= 0.6 is 0 Å². The van der Waals surface area contributed by atoms with Crippen LogP contribution in [-0.2, 0) is 19.1 Å². The number of hydrogen-bond acceptors (Lipinski definition) is 4. The Morgan fingerprint density at radius 3 is 2.90 bits per heavy atom. The molecule has 0 atom stereocenters. The monoisotopic (exact) mass is 288 g/mol. The number of amides is 2. The summed E-state index contributed by atoms with van der Waals surface area (Å²) in [6.45, 7) is 1.53. The van der Waals surface area contributed by atoms with Crippen LogP contribution in [0.3, 0.4) is 0 Å². The largest absolute Gasteiger partial charge is 0.494 e. The van der Waals surface area contributed by atoms with Crippen molar-refractivity contribution in [3.8, 4) is 0 Å². The van der Waals surface area contributed by atoms with E-state index in [2.05, 4.69) is 5.32 Å². The van der Waals surface area contributed by atoms with E-state index in [1.165, 1.54) is 6.26 Å². The number of ether oxygens (including phenoxy) is 2. The van der Waals surface area contributed by atoms with Crippen LogP contribution in [0, 0.1) is 0 Å².